The van der Waals surface area contributed by atoms with Gasteiger partial charge in [-0.2, -0.15) is 11.8 Å². The van der Waals surface area contributed by atoms with Crippen LogP contribution in [0.4, 0.5) is 0 Å². The molecule has 1 aromatic rings. The Kier molecular flexibility index (Phi) is 5.01. The van der Waals surface area contributed by atoms with Crippen molar-refractivity contribution >= 4 is 34.8 Å². The first-order chi connectivity index (χ1) is 10.2. The third-order valence-electron chi connectivity index (χ3n) is 4.41. The molecule has 2 heterocycles. The van der Waals surface area contributed by atoms with Crippen LogP contribution in [-0.4, -0.2) is 35.4 Å². The van der Waals surface area contributed by atoms with Gasteiger partial charge in [0.2, 0.25) is 5.91 Å². The van der Waals surface area contributed by atoms with Gasteiger partial charge in [0.1, 0.15) is 5.78 Å². The van der Waals surface area contributed by atoms with Crippen LogP contribution < -0.4 is 0 Å². The summed E-state index contributed by atoms with van der Waals surface area (Å²) in [6.07, 6.45) is 3.75. The number of thiophene rings is 1. The molecule has 1 saturated heterocycles. The molecule has 3 nitrogen and oxygen atoms in total. The van der Waals surface area contributed by atoms with E-state index in [0.717, 1.165) is 38.1 Å². The second kappa shape index (κ2) is 6.97. The third-order valence-corrected chi connectivity index (χ3v) is 6.85. The summed E-state index contributed by atoms with van der Waals surface area (Å²) in [6, 6.07) is 4.31. The van der Waals surface area contributed by atoms with Gasteiger partial charge in [0.05, 0.1) is 0 Å². The highest BCUT2D eigenvalue weighted by molar-refractivity contribution is 7.99. The van der Waals surface area contributed by atoms with Crippen LogP contribution in [-0.2, 0) is 9.59 Å². The SMILES string of the molecule is O=C1CCC(C(=O)N2CCSC(c3cccs3)CC2)CC1. The highest BCUT2D eigenvalue weighted by Gasteiger charge is 2.30. The first-order valence-electron chi connectivity index (χ1n) is 7.69. The van der Waals surface area contributed by atoms with Crippen molar-refractivity contribution in [3.63, 3.8) is 0 Å². The molecule has 0 aromatic carbocycles. The Morgan fingerprint density at radius 3 is 2.71 bits per heavy atom. The van der Waals surface area contributed by atoms with Crippen LogP contribution in [0.3, 0.4) is 0 Å². The number of rotatable bonds is 2. The fraction of sp³-hybridized carbons (Fsp3) is 0.625. The van der Waals surface area contributed by atoms with Crippen LogP contribution in [0, 0.1) is 5.92 Å². The maximum absolute atomic E-state index is 12.6. The minimum Gasteiger partial charge on any atom is -0.342 e. The first-order valence-corrected chi connectivity index (χ1v) is 9.62. The number of amides is 1. The summed E-state index contributed by atoms with van der Waals surface area (Å²) in [7, 11) is 0. The zero-order valence-corrected chi connectivity index (χ0v) is 13.8. The number of carbonyl (C=O) groups is 2. The fourth-order valence-electron chi connectivity index (χ4n) is 3.14. The van der Waals surface area contributed by atoms with Crippen molar-refractivity contribution in [3.8, 4) is 0 Å². The normalized spacial score (nSPS) is 24.9. The zero-order valence-electron chi connectivity index (χ0n) is 12.1. The lowest BCUT2D eigenvalue weighted by Crippen LogP contribution is -2.39. The van der Waals surface area contributed by atoms with Crippen molar-refractivity contribution < 1.29 is 9.59 Å². The van der Waals surface area contributed by atoms with Crippen molar-refractivity contribution in [1.82, 2.24) is 4.90 Å². The van der Waals surface area contributed by atoms with E-state index in [0.29, 0.717) is 23.9 Å². The Hall–Kier alpha value is -0.810. The Bertz CT molecular complexity index is 490. The number of nitrogens with zero attached hydrogens (tertiary/aromatic N) is 1. The van der Waals surface area contributed by atoms with Crippen molar-refractivity contribution in [2.45, 2.75) is 37.4 Å². The molecule has 1 aromatic heterocycles. The van der Waals surface area contributed by atoms with E-state index in [1.807, 2.05) is 28.0 Å². The molecule has 1 amide bonds. The highest BCUT2D eigenvalue weighted by Crippen LogP contribution is 2.37. The van der Waals surface area contributed by atoms with E-state index < -0.39 is 0 Å². The van der Waals surface area contributed by atoms with Gasteiger partial charge in [-0.15, -0.1) is 11.3 Å². The molecule has 2 fully saturated rings. The standard InChI is InChI=1S/C16H21NO2S2/c18-13-5-3-12(4-6-13)16(19)17-8-7-15(21-11-9-17)14-2-1-10-20-14/h1-2,10,12,15H,3-9,11H2. The molecule has 0 radical (unpaired) electrons. The van der Waals surface area contributed by atoms with E-state index in [4.69, 9.17) is 0 Å². The maximum Gasteiger partial charge on any atom is 0.225 e. The monoisotopic (exact) mass is 323 g/mol. The van der Waals surface area contributed by atoms with Gasteiger partial charge in [0, 0.05) is 47.7 Å². The van der Waals surface area contributed by atoms with E-state index in [1.165, 1.54) is 4.88 Å². The van der Waals surface area contributed by atoms with Gasteiger partial charge in [0.15, 0.2) is 0 Å². The molecule has 1 aliphatic heterocycles. The van der Waals surface area contributed by atoms with Crippen LogP contribution >= 0.6 is 23.1 Å². The average Bonchev–Trinajstić information content (AvgIpc) is 2.92. The highest BCUT2D eigenvalue weighted by atomic mass is 32.2. The Morgan fingerprint density at radius 1 is 1.19 bits per heavy atom. The van der Waals surface area contributed by atoms with E-state index in [2.05, 4.69) is 17.5 Å². The predicted molar refractivity (Wildman–Crippen MR) is 87.7 cm³/mol. The summed E-state index contributed by atoms with van der Waals surface area (Å²) in [5.41, 5.74) is 0. The minimum absolute atomic E-state index is 0.0889. The third kappa shape index (κ3) is 3.69. The van der Waals surface area contributed by atoms with Gasteiger partial charge in [-0.3, -0.25) is 9.59 Å². The number of carbonyl (C=O) groups excluding carboxylic acids is 2. The summed E-state index contributed by atoms with van der Waals surface area (Å²) in [5, 5.41) is 2.67. The van der Waals surface area contributed by atoms with E-state index in [1.54, 1.807) is 0 Å². The van der Waals surface area contributed by atoms with E-state index in [-0.39, 0.29) is 11.8 Å². The van der Waals surface area contributed by atoms with Gasteiger partial charge in [0.25, 0.3) is 0 Å². The van der Waals surface area contributed by atoms with Gasteiger partial charge in [-0.25, -0.2) is 0 Å². The quantitative estimate of drug-likeness (QED) is 0.836. The molecule has 0 bridgehead atoms. The summed E-state index contributed by atoms with van der Waals surface area (Å²) in [6.45, 7) is 1.72. The Balaban J connectivity index is 1.57. The number of hydrogen-bond acceptors (Lipinski definition) is 4. The first kappa shape index (κ1) is 15.1. The van der Waals surface area contributed by atoms with Crippen LogP contribution in [0.1, 0.15) is 42.2 Å². The van der Waals surface area contributed by atoms with E-state index >= 15 is 0 Å². The molecule has 1 saturated carbocycles. The lowest BCUT2D eigenvalue weighted by molar-refractivity contribution is -0.137. The molecule has 21 heavy (non-hydrogen) atoms. The number of hydrogen-bond donors (Lipinski definition) is 0. The molecule has 1 aliphatic carbocycles. The topological polar surface area (TPSA) is 37.4 Å². The largest absolute Gasteiger partial charge is 0.342 e. The average molecular weight is 323 g/mol. The molecular weight excluding hydrogens is 302 g/mol. The van der Waals surface area contributed by atoms with Crippen molar-refractivity contribution in [2.75, 3.05) is 18.8 Å². The van der Waals surface area contributed by atoms with Crippen molar-refractivity contribution in [1.29, 1.82) is 0 Å². The smallest absolute Gasteiger partial charge is 0.225 e. The van der Waals surface area contributed by atoms with E-state index in [9.17, 15) is 9.59 Å². The minimum atomic E-state index is 0.0889. The molecule has 1 atom stereocenters. The molecule has 1 unspecified atom stereocenters. The number of Topliss-reactive ketones (excluding diaryl/α,β-unsaturated/α-hetero) is 1. The Labute approximate surface area is 134 Å². The molecule has 0 N–H and O–H groups in total. The van der Waals surface area contributed by atoms with Crippen LogP contribution in [0.5, 0.6) is 0 Å². The summed E-state index contributed by atoms with van der Waals surface area (Å²) in [4.78, 5) is 27.4. The van der Waals surface area contributed by atoms with Gasteiger partial charge in [-0.1, -0.05) is 6.07 Å². The summed E-state index contributed by atoms with van der Waals surface area (Å²) in [5.74, 6) is 1.71. The molecule has 2 aliphatic rings. The predicted octanol–water partition coefficient (Wildman–Crippen LogP) is 3.51. The van der Waals surface area contributed by atoms with Gasteiger partial charge >= 0.3 is 0 Å². The molecule has 3 rings (SSSR count). The molecule has 5 heteroatoms. The molecule has 0 spiro atoms. The molecule has 114 valence electrons. The van der Waals surface area contributed by atoms with Crippen LogP contribution in [0.2, 0.25) is 0 Å². The second-order valence-corrected chi connectivity index (χ2v) is 8.09. The second-order valence-electron chi connectivity index (χ2n) is 5.80. The fourth-order valence-corrected chi connectivity index (χ4v) is 5.37. The number of thioether (sulfide) groups is 1. The summed E-state index contributed by atoms with van der Waals surface area (Å²) >= 11 is 3.79. The lowest BCUT2D eigenvalue weighted by atomic mass is 9.87. The van der Waals surface area contributed by atoms with Crippen molar-refractivity contribution in [3.05, 3.63) is 22.4 Å². The molecular formula is C16H21NO2S2. The van der Waals surface area contributed by atoms with Crippen molar-refractivity contribution in [2.24, 2.45) is 5.92 Å². The van der Waals surface area contributed by atoms with Gasteiger partial charge in [-0.05, 0) is 30.7 Å². The van der Waals surface area contributed by atoms with Gasteiger partial charge < -0.3 is 4.90 Å². The summed E-state index contributed by atoms with van der Waals surface area (Å²) < 4.78 is 0. The lowest BCUT2D eigenvalue weighted by Gasteiger charge is -2.27. The number of ketones is 1. The van der Waals surface area contributed by atoms with Crippen LogP contribution in [0.15, 0.2) is 17.5 Å². The zero-order chi connectivity index (χ0) is 14.7. The van der Waals surface area contributed by atoms with Crippen LogP contribution in [0.25, 0.3) is 0 Å². The maximum atomic E-state index is 12.6. The Morgan fingerprint density at radius 2 is 2.00 bits per heavy atom.